The third-order valence-corrected chi connectivity index (χ3v) is 5.91. The van der Waals surface area contributed by atoms with E-state index in [1.54, 1.807) is 0 Å². The van der Waals surface area contributed by atoms with E-state index in [2.05, 4.69) is 192 Å². The quantitative estimate of drug-likeness (QED) is 0.159. The molecule has 5 aromatic rings. The molecule has 0 saturated heterocycles. The van der Waals surface area contributed by atoms with Gasteiger partial charge >= 0.3 is 0 Å². The fourth-order valence-corrected chi connectivity index (χ4v) is 3.35. The van der Waals surface area contributed by atoms with Crippen molar-refractivity contribution in [3.8, 4) is 0 Å². The van der Waals surface area contributed by atoms with Crippen molar-refractivity contribution < 1.29 is 0 Å². The summed E-state index contributed by atoms with van der Waals surface area (Å²) < 4.78 is 0. The second-order valence-electron chi connectivity index (χ2n) is 17.3. The van der Waals surface area contributed by atoms with Crippen LogP contribution < -0.4 is 0 Å². The van der Waals surface area contributed by atoms with E-state index in [9.17, 15) is 0 Å². The first kappa shape index (κ1) is 63.3. The Kier molecular flexibility index (Phi) is 55.8. The van der Waals surface area contributed by atoms with E-state index in [4.69, 9.17) is 0 Å². The van der Waals surface area contributed by atoms with Gasteiger partial charge in [-0.1, -0.05) is 309 Å². The molecule has 5 aromatic carbocycles. The van der Waals surface area contributed by atoms with Crippen LogP contribution >= 0.6 is 0 Å². The maximum absolute atomic E-state index is 2.25. The van der Waals surface area contributed by atoms with Crippen molar-refractivity contribution in [2.24, 2.45) is 23.7 Å². The predicted octanol–water partition coefficient (Wildman–Crippen LogP) is 19.6. The van der Waals surface area contributed by atoms with Gasteiger partial charge in [-0.25, -0.2) is 0 Å². The van der Waals surface area contributed by atoms with E-state index in [-0.39, 0.29) is 0 Å². The van der Waals surface area contributed by atoms with Crippen molar-refractivity contribution in [3.05, 3.63) is 179 Å². The van der Waals surface area contributed by atoms with E-state index < -0.39 is 0 Å². The van der Waals surface area contributed by atoms with Crippen molar-refractivity contribution >= 4 is 0 Å². The highest BCUT2D eigenvalue weighted by Crippen LogP contribution is 2.00. The standard InChI is InChI=1S/5C7H8.C7H16.4C4H10/c5*1-7-5-3-2-4-6-7;1-3-5-7-6-4-2;4*1-4(2)3/h5*2-6H,1H3;3-7H2,1-2H3;4*4H,1-3H3. The first-order chi connectivity index (χ1) is 27.3. The van der Waals surface area contributed by atoms with Crippen LogP contribution in [0, 0.1) is 58.3 Å². The summed E-state index contributed by atoms with van der Waals surface area (Å²) in [6.45, 7) is 40.9. The van der Waals surface area contributed by atoms with Crippen LogP contribution in [0.15, 0.2) is 152 Å². The molecular weight excluding hydrogens is 697 g/mol. The summed E-state index contributed by atoms with van der Waals surface area (Å²) in [6, 6.07) is 51.3. The number of unbranched alkanes of at least 4 members (excludes halogenated alkanes) is 4. The van der Waals surface area contributed by atoms with Gasteiger partial charge in [0.1, 0.15) is 0 Å². The van der Waals surface area contributed by atoms with Crippen LogP contribution in [0.2, 0.25) is 0 Å². The van der Waals surface area contributed by atoms with Gasteiger partial charge in [0, 0.05) is 0 Å². The molecule has 0 radical (unpaired) electrons. The predicted molar refractivity (Wildman–Crippen MR) is 272 cm³/mol. The number of hydrogen-bond acceptors (Lipinski definition) is 0. The van der Waals surface area contributed by atoms with Crippen molar-refractivity contribution in [1.82, 2.24) is 0 Å². The molecule has 0 aliphatic heterocycles. The Labute approximate surface area is 365 Å². The van der Waals surface area contributed by atoms with Crippen LogP contribution in [-0.2, 0) is 0 Å². The van der Waals surface area contributed by atoms with Crippen molar-refractivity contribution in [2.75, 3.05) is 0 Å². The smallest absolute Gasteiger partial charge is 0.0398 e. The number of rotatable bonds is 4. The topological polar surface area (TPSA) is 0 Å². The summed E-state index contributed by atoms with van der Waals surface area (Å²) in [4.78, 5) is 0. The molecule has 0 nitrogen and oxygen atoms in total. The second kappa shape index (κ2) is 51.1. The molecule has 0 heterocycles. The maximum atomic E-state index is 2.25. The number of hydrogen-bond donors (Lipinski definition) is 0. The highest BCUT2D eigenvalue weighted by atomic mass is 13.9. The zero-order chi connectivity index (χ0) is 45.4. The maximum Gasteiger partial charge on any atom is -0.0398 e. The van der Waals surface area contributed by atoms with Crippen LogP contribution in [0.4, 0.5) is 0 Å². The van der Waals surface area contributed by atoms with Crippen molar-refractivity contribution in [3.63, 3.8) is 0 Å². The van der Waals surface area contributed by atoms with Gasteiger partial charge in [0.25, 0.3) is 0 Å². The van der Waals surface area contributed by atoms with Crippen LogP contribution in [0.5, 0.6) is 0 Å². The molecule has 0 unspecified atom stereocenters. The molecule has 0 aliphatic carbocycles. The summed E-state index contributed by atoms with van der Waals surface area (Å²) in [6.07, 6.45) is 7.01. The Morgan fingerprint density at radius 2 is 0.362 bits per heavy atom. The monoisotopic (exact) mass is 793 g/mol. The molecule has 0 bridgehead atoms. The minimum Gasteiger partial charge on any atom is -0.0654 e. The molecular formula is C58H96. The summed E-state index contributed by atoms with van der Waals surface area (Å²) >= 11 is 0. The van der Waals surface area contributed by atoms with Gasteiger partial charge < -0.3 is 0 Å². The molecule has 5 rings (SSSR count). The average Bonchev–Trinajstić information content (AvgIpc) is 3.14. The van der Waals surface area contributed by atoms with Crippen LogP contribution in [0.25, 0.3) is 0 Å². The van der Waals surface area contributed by atoms with Gasteiger partial charge in [0.15, 0.2) is 0 Å². The zero-order valence-electron chi connectivity index (χ0n) is 41.8. The minimum absolute atomic E-state index is 0.833. The first-order valence-electron chi connectivity index (χ1n) is 22.4. The zero-order valence-corrected chi connectivity index (χ0v) is 41.8. The van der Waals surface area contributed by atoms with Gasteiger partial charge in [-0.15, -0.1) is 0 Å². The van der Waals surface area contributed by atoms with Crippen LogP contribution in [0.3, 0.4) is 0 Å². The summed E-state index contributed by atoms with van der Waals surface area (Å²) in [5.41, 5.74) is 6.61. The van der Waals surface area contributed by atoms with E-state index in [0.717, 1.165) is 23.7 Å². The lowest BCUT2D eigenvalue weighted by Gasteiger charge is -1.90. The Hall–Kier alpha value is -3.90. The van der Waals surface area contributed by atoms with E-state index in [1.165, 1.54) is 59.9 Å². The molecule has 328 valence electrons. The van der Waals surface area contributed by atoms with E-state index in [1.807, 2.05) is 91.0 Å². The highest BCUT2D eigenvalue weighted by Gasteiger charge is 1.80. The lowest BCUT2D eigenvalue weighted by molar-refractivity contribution is 0.656. The van der Waals surface area contributed by atoms with Gasteiger partial charge in [0.2, 0.25) is 0 Å². The average molecular weight is 793 g/mol. The Balaban J connectivity index is -0.000000181. The molecule has 0 amide bonds. The van der Waals surface area contributed by atoms with Gasteiger partial charge in [0.05, 0.1) is 0 Å². The molecule has 0 heteroatoms. The summed E-state index contributed by atoms with van der Waals surface area (Å²) in [7, 11) is 0. The lowest BCUT2D eigenvalue weighted by Crippen LogP contribution is -1.70. The summed E-state index contributed by atoms with van der Waals surface area (Å²) in [5, 5.41) is 0. The molecule has 0 saturated carbocycles. The SMILES string of the molecule is CC(C)C.CC(C)C.CC(C)C.CC(C)C.CCCCCCC.Cc1ccccc1.Cc1ccccc1.Cc1ccccc1.Cc1ccccc1.Cc1ccccc1. The third kappa shape index (κ3) is 84.6. The van der Waals surface area contributed by atoms with Crippen molar-refractivity contribution in [2.45, 2.75) is 164 Å². The lowest BCUT2D eigenvalue weighted by atomic mass is 10.2. The summed E-state index contributed by atoms with van der Waals surface area (Å²) in [5.74, 6) is 3.33. The third-order valence-electron chi connectivity index (χ3n) is 5.91. The number of benzene rings is 5. The first-order valence-corrected chi connectivity index (χ1v) is 22.4. The molecule has 58 heavy (non-hydrogen) atoms. The van der Waals surface area contributed by atoms with Gasteiger partial charge in [-0.3, -0.25) is 0 Å². The van der Waals surface area contributed by atoms with Gasteiger partial charge in [-0.05, 0) is 58.3 Å². The highest BCUT2D eigenvalue weighted by molar-refractivity contribution is 5.14. The molecule has 0 atom stereocenters. The normalized spacial score (nSPS) is 8.88. The van der Waals surface area contributed by atoms with Crippen molar-refractivity contribution in [1.29, 1.82) is 0 Å². The Morgan fingerprint density at radius 1 is 0.241 bits per heavy atom. The van der Waals surface area contributed by atoms with E-state index in [0.29, 0.717) is 0 Å². The second-order valence-corrected chi connectivity index (χ2v) is 17.3. The molecule has 0 fully saturated rings. The molecule has 0 aliphatic rings. The Bertz CT molecular complexity index is 1100. The minimum atomic E-state index is 0.833. The molecule has 0 spiro atoms. The van der Waals surface area contributed by atoms with Crippen LogP contribution in [0.1, 0.15) is 157 Å². The largest absolute Gasteiger partial charge is 0.0654 e. The Morgan fingerprint density at radius 3 is 0.431 bits per heavy atom. The molecule has 0 aromatic heterocycles. The van der Waals surface area contributed by atoms with Crippen LogP contribution in [-0.4, -0.2) is 0 Å². The van der Waals surface area contributed by atoms with E-state index >= 15 is 0 Å². The molecule has 0 N–H and O–H groups in total. The van der Waals surface area contributed by atoms with Gasteiger partial charge in [-0.2, -0.15) is 0 Å². The fourth-order valence-electron chi connectivity index (χ4n) is 3.35. The number of aryl methyl sites for hydroxylation is 5. The fraction of sp³-hybridized carbons (Fsp3) is 0.483.